The van der Waals surface area contributed by atoms with Gasteiger partial charge >= 0.3 is 12.1 Å². The van der Waals surface area contributed by atoms with Crippen molar-refractivity contribution < 1.29 is 9.59 Å². The molecule has 4 amide bonds. The molecule has 0 unspecified atom stereocenters. The minimum absolute atomic E-state index is 0.0229. The van der Waals surface area contributed by atoms with Crippen LogP contribution in [0.5, 0.6) is 0 Å². The zero-order valence-corrected chi connectivity index (χ0v) is 17.4. The Morgan fingerprint density at radius 3 is 1.84 bits per heavy atom. The van der Waals surface area contributed by atoms with E-state index in [0.29, 0.717) is 44.7 Å². The molecular weight excluding hydrogens is 316 g/mol. The molecule has 1 rings (SSSR count). The standard InChI is InChI=1S/C19H38N4O2/c1-14(2)11-20-16(24)22-9-10-23(13-22)17(25)21-12-18(5,6)19(7,8)15(3)4/h14-15H,9-13H2,1-8H3,(H,20,24)(H,21,25). The summed E-state index contributed by atoms with van der Waals surface area (Å²) >= 11 is 0. The molecule has 1 aliphatic rings. The number of rotatable bonds is 6. The number of nitrogens with zero attached hydrogens (tertiary/aromatic N) is 2. The fraction of sp³-hybridized carbons (Fsp3) is 0.895. The number of nitrogens with one attached hydrogen (secondary N) is 2. The lowest BCUT2D eigenvalue weighted by atomic mass is 9.62. The van der Waals surface area contributed by atoms with Crippen molar-refractivity contribution in [2.45, 2.75) is 55.4 Å². The van der Waals surface area contributed by atoms with Gasteiger partial charge in [0.1, 0.15) is 0 Å². The van der Waals surface area contributed by atoms with E-state index in [-0.39, 0.29) is 22.9 Å². The van der Waals surface area contributed by atoms with E-state index < -0.39 is 0 Å². The van der Waals surface area contributed by atoms with Gasteiger partial charge in [-0.2, -0.15) is 0 Å². The van der Waals surface area contributed by atoms with E-state index in [9.17, 15) is 9.59 Å². The largest absolute Gasteiger partial charge is 0.338 e. The molecule has 0 aromatic rings. The summed E-state index contributed by atoms with van der Waals surface area (Å²) in [5.41, 5.74) is 0.0823. The first-order chi connectivity index (χ1) is 11.4. The topological polar surface area (TPSA) is 64.7 Å². The molecule has 6 heteroatoms. The number of hydrogen-bond acceptors (Lipinski definition) is 2. The molecule has 0 atom stereocenters. The summed E-state index contributed by atoms with van der Waals surface area (Å²) in [6.07, 6.45) is 0. The van der Waals surface area contributed by atoms with E-state index in [4.69, 9.17) is 0 Å². The maximum Gasteiger partial charge on any atom is 0.318 e. The Balaban J connectivity index is 2.50. The summed E-state index contributed by atoms with van der Waals surface area (Å²) in [5.74, 6) is 0.934. The summed E-state index contributed by atoms with van der Waals surface area (Å²) in [6, 6.07) is -0.183. The second-order valence-electron chi connectivity index (χ2n) is 9.17. The Kier molecular flexibility index (Phi) is 7.15. The first-order valence-electron chi connectivity index (χ1n) is 9.44. The van der Waals surface area contributed by atoms with Gasteiger partial charge in [-0.05, 0) is 22.7 Å². The Labute approximate surface area is 153 Å². The van der Waals surface area contributed by atoms with Crippen molar-refractivity contribution in [2.75, 3.05) is 32.8 Å². The van der Waals surface area contributed by atoms with Gasteiger partial charge in [-0.15, -0.1) is 0 Å². The number of amides is 4. The first kappa shape index (κ1) is 21.6. The van der Waals surface area contributed by atoms with Gasteiger partial charge in [-0.3, -0.25) is 0 Å². The van der Waals surface area contributed by atoms with Gasteiger partial charge < -0.3 is 20.4 Å². The van der Waals surface area contributed by atoms with Crippen LogP contribution < -0.4 is 10.6 Å². The minimum atomic E-state index is -0.0923. The second kappa shape index (κ2) is 8.28. The molecule has 1 heterocycles. The molecule has 1 saturated heterocycles. The molecule has 0 radical (unpaired) electrons. The maximum absolute atomic E-state index is 12.5. The summed E-state index contributed by atoms with van der Waals surface area (Å²) in [4.78, 5) is 28.0. The summed E-state index contributed by atoms with van der Waals surface area (Å²) < 4.78 is 0. The number of carbonyl (C=O) groups is 2. The lowest BCUT2D eigenvalue weighted by Crippen LogP contribution is -2.49. The molecule has 25 heavy (non-hydrogen) atoms. The SMILES string of the molecule is CC(C)CNC(=O)N1CCN(C(=O)NCC(C)(C)C(C)(C)C(C)C)C1. The van der Waals surface area contributed by atoms with Gasteiger partial charge in [0.25, 0.3) is 0 Å². The highest BCUT2D eigenvalue weighted by atomic mass is 16.2. The highest BCUT2D eigenvalue weighted by molar-refractivity contribution is 5.78. The third-order valence-corrected chi connectivity index (χ3v) is 6.09. The Hall–Kier alpha value is -1.46. The van der Waals surface area contributed by atoms with Crippen molar-refractivity contribution in [1.29, 1.82) is 0 Å². The second-order valence-corrected chi connectivity index (χ2v) is 9.17. The first-order valence-corrected chi connectivity index (χ1v) is 9.44. The molecule has 1 aliphatic heterocycles. The fourth-order valence-electron chi connectivity index (χ4n) is 2.74. The highest BCUT2D eigenvalue weighted by Gasteiger charge is 2.40. The monoisotopic (exact) mass is 354 g/mol. The predicted molar refractivity (Wildman–Crippen MR) is 102 cm³/mol. The van der Waals surface area contributed by atoms with Crippen LogP contribution in [0.2, 0.25) is 0 Å². The van der Waals surface area contributed by atoms with Gasteiger partial charge in [-0.1, -0.05) is 55.4 Å². The van der Waals surface area contributed by atoms with Crippen molar-refractivity contribution in [3.8, 4) is 0 Å². The Morgan fingerprint density at radius 1 is 0.920 bits per heavy atom. The number of carbonyl (C=O) groups excluding carboxylic acids is 2. The van der Waals surface area contributed by atoms with Crippen LogP contribution in [0, 0.1) is 22.7 Å². The maximum atomic E-state index is 12.5. The normalized spacial score (nSPS) is 15.9. The predicted octanol–water partition coefficient (Wildman–Crippen LogP) is 3.35. The molecule has 146 valence electrons. The number of hydrogen-bond donors (Lipinski definition) is 2. The molecule has 0 spiro atoms. The van der Waals surface area contributed by atoms with Gasteiger partial charge in [0, 0.05) is 26.2 Å². The van der Waals surface area contributed by atoms with Crippen LogP contribution in [-0.2, 0) is 0 Å². The summed E-state index contributed by atoms with van der Waals surface area (Å²) in [5, 5.41) is 5.96. The molecule has 6 nitrogen and oxygen atoms in total. The van der Waals surface area contributed by atoms with Crippen molar-refractivity contribution >= 4 is 12.1 Å². The van der Waals surface area contributed by atoms with Crippen molar-refractivity contribution in [3.05, 3.63) is 0 Å². The van der Waals surface area contributed by atoms with Gasteiger partial charge in [0.2, 0.25) is 0 Å². The molecule has 0 aliphatic carbocycles. The molecule has 0 bridgehead atoms. The highest BCUT2D eigenvalue weighted by Crippen LogP contribution is 2.43. The van der Waals surface area contributed by atoms with Crippen LogP contribution in [0.25, 0.3) is 0 Å². The summed E-state index contributed by atoms with van der Waals surface area (Å²) in [6.45, 7) is 20.2. The van der Waals surface area contributed by atoms with Gasteiger partial charge in [0.05, 0.1) is 6.67 Å². The van der Waals surface area contributed by atoms with Crippen molar-refractivity contribution in [3.63, 3.8) is 0 Å². The smallest absolute Gasteiger partial charge is 0.318 e. The third kappa shape index (κ3) is 5.51. The van der Waals surface area contributed by atoms with Crippen molar-refractivity contribution in [1.82, 2.24) is 20.4 Å². The quantitative estimate of drug-likeness (QED) is 0.768. The average molecular weight is 355 g/mol. The lowest BCUT2D eigenvalue weighted by molar-refractivity contribution is 0.0564. The van der Waals surface area contributed by atoms with E-state index in [1.165, 1.54) is 0 Å². The van der Waals surface area contributed by atoms with Gasteiger partial charge in [0.15, 0.2) is 0 Å². The average Bonchev–Trinajstić information content (AvgIpc) is 2.99. The van der Waals surface area contributed by atoms with Crippen LogP contribution in [0.15, 0.2) is 0 Å². The molecule has 1 fully saturated rings. The number of urea groups is 2. The van der Waals surface area contributed by atoms with Crippen LogP contribution in [0.4, 0.5) is 9.59 Å². The fourth-order valence-corrected chi connectivity index (χ4v) is 2.74. The van der Waals surface area contributed by atoms with E-state index in [1.807, 2.05) is 0 Å². The Morgan fingerprint density at radius 2 is 1.40 bits per heavy atom. The van der Waals surface area contributed by atoms with Crippen molar-refractivity contribution in [2.24, 2.45) is 22.7 Å². The zero-order chi connectivity index (χ0) is 19.4. The molecular formula is C19H38N4O2. The van der Waals surface area contributed by atoms with Gasteiger partial charge in [-0.25, -0.2) is 9.59 Å². The molecule has 0 saturated carbocycles. The molecule has 2 N–H and O–H groups in total. The molecule has 0 aromatic carbocycles. The zero-order valence-electron chi connectivity index (χ0n) is 17.4. The summed E-state index contributed by atoms with van der Waals surface area (Å²) in [7, 11) is 0. The third-order valence-electron chi connectivity index (χ3n) is 6.09. The van der Waals surface area contributed by atoms with E-state index >= 15 is 0 Å². The van der Waals surface area contributed by atoms with E-state index in [0.717, 1.165) is 0 Å². The van der Waals surface area contributed by atoms with Crippen LogP contribution in [0.1, 0.15) is 55.4 Å². The van der Waals surface area contributed by atoms with E-state index in [1.54, 1.807) is 9.80 Å². The Bertz CT molecular complexity index is 472. The molecule has 0 aromatic heterocycles. The lowest BCUT2D eigenvalue weighted by Gasteiger charge is -2.45. The van der Waals surface area contributed by atoms with Crippen LogP contribution in [0.3, 0.4) is 0 Å². The minimum Gasteiger partial charge on any atom is -0.338 e. The van der Waals surface area contributed by atoms with Crippen LogP contribution in [-0.4, -0.2) is 54.7 Å². The van der Waals surface area contributed by atoms with E-state index in [2.05, 4.69) is 66.0 Å². The van der Waals surface area contributed by atoms with Crippen LogP contribution >= 0.6 is 0 Å².